The Hall–Kier alpha value is -3.74. The van der Waals surface area contributed by atoms with Crippen LogP contribution in [0.15, 0.2) is 72.8 Å². The van der Waals surface area contributed by atoms with Crippen LogP contribution in [0.2, 0.25) is 0 Å². The van der Waals surface area contributed by atoms with Gasteiger partial charge in [0.25, 0.3) is 0 Å². The van der Waals surface area contributed by atoms with Crippen molar-refractivity contribution in [2.75, 3.05) is 18.0 Å². The van der Waals surface area contributed by atoms with Gasteiger partial charge in [-0.25, -0.2) is 13.6 Å². The number of rotatable bonds is 5. The highest BCUT2D eigenvalue weighted by molar-refractivity contribution is 5.97. The maximum absolute atomic E-state index is 14.1. The summed E-state index contributed by atoms with van der Waals surface area (Å²) in [7, 11) is 0. The molecular formula is C26H24F2N2O3. The van der Waals surface area contributed by atoms with Crippen molar-refractivity contribution < 1.29 is 23.1 Å². The smallest absolute Gasteiger partial charge is 0.407 e. The topological polar surface area (TPSA) is 58.6 Å². The van der Waals surface area contributed by atoms with Crippen molar-refractivity contribution >= 4 is 17.7 Å². The lowest BCUT2D eigenvalue weighted by atomic mass is 9.87. The van der Waals surface area contributed by atoms with Gasteiger partial charge in [0.15, 0.2) is 0 Å². The Labute approximate surface area is 191 Å². The van der Waals surface area contributed by atoms with Crippen LogP contribution in [0.5, 0.6) is 0 Å². The molecule has 3 aromatic carbocycles. The number of anilines is 1. The highest BCUT2D eigenvalue weighted by Gasteiger charge is 2.28. The molecule has 170 valence electrons. The van der Waals surface area contributed by atoms with Crippen molar-refractivity contribution in [1.82, 2.24) is 5.32 Å². The summed E-state index contributed by atoms with van der Waals surface area (Å²) in [4.78, 5) is 26.5. The molecule has 0 spiro atoms. The first kappa shape index (κ1) is 22.5. The van der Waals surface area contributed by atoms with Gasteiger partial charge in [-0.3, -0.25) is 4.79 Å². The first-order valence-corrected chi connectivity index (χ1v) is 10.8. The number of ether oxygens (including phenoxy) is 1. The van der Waals surface area contributed by atoms with Gasteiger partial charge < -0.3 is 15.0 Å². The van der Waals surface area contributed by atoms with E-state index in [0.717, 1.165) is 23.1 Å². The van der Waals surface area contributed by atoms with Gasteiger partial charge >= 0.3 is 6.09 Å². The van der Waals surface area contributed by atoms with E-state index >= 15 is 0 Å². The van der Waals surface area contributed by atoms with Gasteiger partial charge in [-0.2, -0.15) is 0 Å². The summed E-state index contributed by atoms with van der Waals surface area (Å²) >= 11 is 0. The van der Waals surface area contributed by atoms with Crippen LogP contribution in [0.25, 0.3) is 0 Å². The number of amides is 2. The average molecular weight is 450 g/mol. The molecule has 0 aromatic heterocycles. The van der Waals surface area contributed by atoms with E-state index in [1.807, 2.05) is 30.3 Å². The third-order valence-electron chi connectivity index (χ3n) is 5.70. The van der Waals surface area contributed by atoms with E-state index < -0.39 is 11.9 Å². The van der Waals surface area contributed by atoms with Gasteiger partial charge in [-0.05, 0) is 53.8 Å². The second-order valence-corrected chi connectivity index (χ2v) is 7.91. The minimum Gasteiger partial charge on any atom is -0.445 e. The molecule has 0 aliphatic carbocycles. The first-order valence-electron chi connectivity index (χ1n) is 10.8. The van der Waals surface area contributed by atoms with Crippen LogP contribution in [0, 0.1) is 11.6 Å². The fourth-order valence-electron chi connectivity index (χ4n) is 4.09. The SMILES string of the molecule is O=C(NCC(=O)N1CCCC(c2ccc(F)cc2)c2ccc(F)cc21)OCc1ccccc1. The maximum atomic E-state index is 14.1. The summed E-state index contributed by atoms with van der Waals surface area (Å²) in [6.07, 6.45) is 0.689. The van der Waals surface area contributed by atoms with E-state index in [0.29, 0.717) is 18.7 Å². The first-order chi connectivity index (χ1) is 16.0. The number of carbonyl (C=O) groups excluding carboxylic acids is 2. The molecule has 0 radical (unpaired) electrons. The molecule has 5 nitrogen and oxygen atoms in total. The Morgan fingerprint density at radius 1 is 0.970 bits per heavy atom. The number of hydrogen-bond acceptors (Lipinski definition) is 3. The monoisotopic (exact) mass is 450 g/mol. The number of halogens is 2. The van der Waals surface area contributed by atoms with E-state index in [4.69, 9.17) is 4.74 Å². The molecule has 1 aliphatic rings. The second-order valence-electron chi connectivity index (χ2n) is 7.91. The van der Waals surface area contributed by atoms with Crippen LogP contribution >= 0.6 is 0 Å². The summed E-state index contributed by atoms with van der Waals surface area (Å²) < 4.78 is 32.7. The van der Waals surface area contributed by atoms with Crippen LogP contribution in [0.1, 0.15) is 35.4 Å². The molecule has 7 heteroatoms. The normalized spacial score (nSPS) is 15.3. The number of benzene rings is 3. The number of hydrogen-bond donors (Lipinski definition) is 1. The number of carbonyl (C=O) groups is 2. The lowest BCUT2D eigenvalue weighted by Gasteiger charge is -2.24. The van der Waals surface area contributed by atoms with Crippen molar-refractivity contribution in [2.45, 2.75) is 25.4 Å². The third-order valence-corrected chi connectivity index (χ3v) is 5.70. The Balaban J connectivity index is 1.46. The predicted octanol–water partition coefficient (Wildman–Crippen LogP) is 5.15. The van der Waals surface area contributed by atoms with Crippen LogP contribution in [-0.2, 0) is 16.1 Å². The number of alkyl carbamates (subject to hydrolysis) is 1. The molecule has 0 fully saturated rings. The third kappa shape index (κ3) is 5.55. The van der Waals surface area contributed by atoms with E-state index in [1.54, 1.807) is 18.2 Å². The van der Waals surface area contributed by atoms with Crippen LogP contribution in [0.3, 0.4) is 0 Å². The van der Waals surface area contributed by atoms with Gasteiger partial charge in [0, 0.05) is 12.5 Å². The van der Waals surface area contributed by atoms with E-state index in [1.165, 1.54) is 29.2 Å². The van der Waals surface area contributed by atoms with Crippen molar-refractivity contribution in [3.8, 4) is 0 Å². The standard InChI is InChI=1S/C26H24F2N2O3/c27-20-10-8-19(9-11-20)22-7-4-14-30(24-15-21(28)12-13-23(22)24)25(31)16-29-26(32)33-17-18-5-2-1-3-6-18/h1-3,5-6,8-13,15,22H,4,7,14,16-17H2,(H,29,32). The molecule has 1 N–H and O–H groups in total. The zero-order chi connectivity index (χ0) is 23.2. The summed E-state index contributed by atoms with van der Waals surface area (Å²) in [5, 5.41) is 2.48. The fraction of sp³-hybridized carbons (Fsp3) is 0.231. The summed E-state index contributed by atoms with van der Waals surface area (Å²) in [6, 6.07) is 19.8. The van der Waals surface area contributed by atoms with Gasteiger partial charge in [-0.15, -0.1) is 0 Å². The zero-order valence-electron chi connectivity index (χ0n) is 18.0. The Kier molecular flexibility index (Phi) is 6.98. The van der Waals surface area contributed by atoms with Crippen LogP contribution in [0.4, 0.5) is 19.3 Å². The number of nitrogens with zero attached hydrogens (tertiary/aromatic N) is 1. The van der Waals surface area contributed by atoms with E-state index in [-0.39, 0.29) is 30.8 Å². The molecule has 2 amide bonds. The van der Waals surface area contributed by atoms with Crippen LogP contribution in [-0.4, -0.2) is 25.1 Å². The molecule has 3 aromatic rings. The molecule has 1 atom stereocenters. The summed E-state index contributed by atoms with van der Waals surface area (Å²) in [5.41, 5.74) is 3.00. The molecule has 0 bridgehead atoms. The molecule has 1 unspecified atom stereocenters. The second kappa shape index (κ2) is 10.3. The van der Waals surface area contributed by atoms with Crippen molar-refractivity contribution in [1.29, 1.82) is 0 Å². The van der Waals surface area contributed by atoms with Gasteiger partial charge in [0.05, 0.1) is 5.69 Å². The summed E-state index contributed by atoms with van der Waals surface area (Å²) in [6.45, 7) is 0.205. The van der Waals surface area contributed by atoms with Crippen molar-refractivity contribution in [2.24, 2.45) is 0 Å². The Morgan fingerprint density at radius 3 is 2.45 bits per heavy atom. The quantitative estimate of drug-likeness (QED) is 0.585. The lowest BCUT2D eigenvalue weighted by molar-refractivity contribution is -0.117. The van der Waals surface area contributed by atoms with Gasteiger partial charge in [0.2, 0.25) is 5.91 Å². The molecule has 1 aliphatic heterocycles. The average Bonchev–Trinajstić information content (AvgIpc) is 3.02. The largest absolute Gasteiger partial charge is 0.445 e. The molecule has 0 saturated carbocycles. The number of fused-ring (bicyclic) bond motifs is 1. The fourth-order valence-corrected chi connectivity index (χ4v) is 4.09. The molecular weight excluding hydrogens is 426 g/mol. The Morgan fingerprint density at radius 2 is 1.70 bits per heavy atom. The lowest BCUT2D eigenvalue weighted by Crippen LogP contribution is -2.41. The van der Waals surface area contributed by atoms with E-state index in [2.05, 4.69) is 5.32 Å². The molecule has 4 rings (SSSR count). The highest BCUT2D eigenvalue weighted by Crippen LogP contribution is 2.39. The minimum absolute atomic E-state index is 0.0946. The molecule has 1 heterocycles. The molecule has 33 heavy (non-hydrogen) atoms. The minimum atomic E-state index is -0.703. The van der Waals surface area contributed by atoms with Crippen LogP contribution < -0.4 is 10.2 Å². The highest BCUT2D eigenvalue weighted by atomic mass is 19.1. The maximum Gasteiger partial charge on any atom is 0.407 e. The van der Waals surface area contributed by atoms with Gasteiger partial charge in [-0.1, -0.05) is 48.5 Å². The van der Waals surface area contributed by atoms with Gasteiger partial charge in [0.1, 0.15) is 24.8 Å². The Bertz CT molecular complexity index is 1120. The number of nitrogens with one attached hydrogen (secondary N) is 1. The summed E-state index contributed by atoms with van der Waals surface area (Å²) in [5.74, 6) is -1.24. The molecule has 0 saturated heterocycles. The van der Waals surface area contributed by atoms with E-state index in [9.17, 15) is 18.4 Å². The van der Waals surface area contributed by atoms with Crippen molar-refractivity contribution in [3.05, 3.63) is 101 Å². The van der Waals surface area contributed by atoms with Crippen molar-refractivity contribution in [3.63, 3.8) is 0 Å². The predicted molar refractivity (Wildman–Crippen MR) is 121 cm³/mol. The zero-order valence-corrected chi connectivity index (χ0v) is 18.0.